The quantitative estimate of drug-likeness (QED) is 0.774. The van der Waals surface area contributed by atoms with Crippen LogP contribution in [0.1, 0.15) is 37.0 Å². The first kappa shape index (κ1) is 16.7. The van der Waals surface area contributed by atoms with Crippen LogP contribution in [0, 0.1) is 5.41 Å². The minimum Gasteiger partial charge on any atom is -0.469 e. The molecule has 0 amide bonds. The second-order valence-electron chi connectivity index (χ2n) is 5.90. The molecule has 0 heterocycles. The molecule has 2 rings (SSSR count). The number of carbonyl (C=O) groups is 1. The molecule has 0 bridgehead atoms. The average molecular weight is 328 g/mol. The molecular formula is C16H22ClNO2S. The van der Waals surface area contributed by atoms with Gasteiger partial charge in [-0.2, -0.15) is 11.8 Å². The highest BCUT2D eigenvalue weighted by Crippen LogP contribution is 2.53. The molecule has 1 aliphatic carbocycles. The summed E-state index contributed by atoms with van der Waals surface area (Å²) in [6.45, 7) is 2.02. The van der Waals surface area contributed by atoms with E-state index < -0.39 is 0 Å². The van der Waals surface area contributed by atoms with Gasteiger partial charge in [-0.1, -0.05) is 23.7 Å². The van der Waals surface area contributed by atoms with Gasteiger partial charge in [-0.25, -0.2) is 0 Å². The fraction of sp³-hybridized carbons (Fsp3) is 0.562. The lowest BCUT2D eigenvalue weighted by Crippen LogP contribution is -2.24. The number of esters is 1. The highest BCUT2D eigenvalue weighted by atomic mass is 35.5. The summed E-state index contributed by atoms with van der Waals surface area (Å²) in [5.41, 5.74) is 7.45. The lowest BCUT2D eigenvalue weighted by Gasteiger charge is -2.23. The second kappa shape index (κ2) is 7.03. The van der Waals surface area contributed by atoms with Gasteiger partial charge >= 0.3 is 5.97 Å². The number of halogens is 1. The summed E-state index contributed by atoms with van der Waals surface area (Å²) < 4.78 is 4.79. The number of carbonyl (C=O) groups excluding carboxylic acids is 1. The number of nitrogens with two attached hydrogens (primary N) is 1. The van der Waals surface area contributed by atoms with Crippen LogP contribution in [0.4, 0.5) is 0 Å². The maximum atomic E-state index is 11.5. The predicted molar refractivity (Wildman–Crippen MR) is 88.6 cm³/mol. The summed E-state index contributed by atoms with van der Waals surface area (Å²) >= 11 is 7.77. The van der Waals surface area contributed by atoms with Crippen LogP contribution in [0.3, 0.4) is 0 Å². The van der Waals surface area contributed by atoms with Crippen molar-refractivity contribution in [3.05, 3.63) is 34.9 Å². The van der Waals surface area contributed by atoms with E-state index in [1.807, 2.05) is 43.0 Å². The Labute approximate surface area is 135 Å². The molecule has 1 aromatic rings. The Morgan fingerprint density at radius 1 is 1.43 bits per heavy atom. The van der Waals surface area contributed by atoms with Gasteiger partial charge in [-0.05, 0) is 42.9 Å². The molecule has 0 spiro atoms. The summed E-state index contributed by atoms with van der Waals surface area (Å²) in [4.78, 5) is 11.5. The molecule has 1 fully saturated rings. The number of benzene rings is 1. The molecule has 1 saturated carbocycles. The standard InChI is InChI=1S/C16H22ClNO2S/c1-11(18)15(12-3-5-13(17)6-4-12)21-10-16(7-8-16)9-14(19)20-2/h3-6,11,15H,7-10,18H2,1-2H3. The lowest BCUT2D eigenvalue weighted by molar-refractivity contribution is -0.141. The molecule has 2 N–H and O–H groups in total. The van der Waals surface area contributed by atoms with E-state index in [1.165, 1.54) is 12.7 Å². The molecule has 2 unspecified atom stereocenters. The van der Waals surface area contributed by atoms with Crippen LogP contribution in [0.25, 0.3) is 0 Å². The van der Waals surface area contributed by atoms with E-state index in [9.17, 15) is 4.79 Å². The van der Waals surface area contributed by atoms with Crippen molar-refractivity contribution in [1.29, 1.82) is 0 Å². The first-order valence-electron chi connectivity index (χ1n) is 7.15. The molecule has 2 atom stereocenters. The monoisotopic (exact) mass is 327 g/mol. The fourth-order valence-corrected chi connectivity index (χ4v) is 4.10. The van der Waals surface area contributed by atoms with Gasteiger partial charge in [0.25, 0.3) is 0 Å². The Hall–Kier alpha value is -0.710. The first-order valence-corrected chi connectivity index (χ1v) is 8.58. The Kier molecular flexibility index (Phi) is 5.58. The number of hydrogen-bond acceptors (Lipinski definition) is 4. The Bertz CT molecular complexity index is 486. The third kappa shape index (κ3) is 4.63. The topological polar surface area (TPSA) is 52.3 Å². The SMILES string of the molecule is COC(=O)CC1(CSC(c2ccc(Cl)cc2)C(C)N)CC1. The van der Waals surface area contributed by atoms with E-state index in [4.69, 9.17) is 22.1 Å². The van der Waals surface area contributed by atoms with E-state index in [2.05, 4.69) is 0 Å². The molecule has 5 heteroatoms. The van der Waals surface area contributed by atoms with E-state index >= 15 is 0 Å². The number of ether oxygens (including phenoxy) is 1. The summed E-state index contributed by atoms with van der Waals surface area (Å²) in [6.07, 6.45) is 2.71. The molecule has 0 aromatic heterocycles. The average Bonchev–Trinajstić information content (AvgIpc) is 3.20. The van der Waals surface area contributed by atoms with Crippen molar-refractivity contribution >= 4 is 29.3 Å². The molecular weight excluding hydrogens is 306 g/mol. The zero-order valence-electron chi connectivity index (χ0n) is 12.5. The van der Waals surface area contributed by atoms with Crippen LogP contribution in [0.2, 0.25) is 5.02 Å². The van der Waals surface area contributed by atoms with Crippen molar-refractivity contribution in [3.8, 4) is 0 Å². The van der Waals surface area contributed by atoms with E-state index in [1.54, 1.807) is 0 Å². The van der Waals surface area contributed by atoms with Crippen LogP contribution >= 0.6 is 23.4 Å². The Morgan fingerprint density at radius 2 is 2.05 bits per heavy atom. The Balaban J connectivity index is 1.98. The molecule has 3 nitrogen and oxygen atoms in total. The van der Waals surface area contributed by atoms with Gasteiger partial charge in [0.2, 0.25) is 0 Å². The van der Waals surface area contributed by atoms with Gasteiger partial charge in [0.05, 0.1) is 13.5 Å². The minimum atomic E-state index is -0.114. The summed E-state index contributed by atoms with van der Waals surface area (Å²) in [7, 11) is 1.45. The van der Waals surface area contributed by atoms with E-state index in [-0.39, 0.29) is 22.7 Å². The molecule has 116 valence electrons. The van der Waals surface area contributed by atoms with Crippen LogP contribution in [0.5, 0.6) is 0 Å². The maximum absolute atomic E-state index is 11.5. The Morgan fingerprint density at radius 3 is 2.52 bits per heavy atom. The summed E-state index contributed by atoms with van der Waals surface area (Å²) in [5, 5.41) is 0.953. The first-order chi connectivity index (χ1) is 9.96. The lowest BCUT2D eigenvalue weighted by atomic mass is 10.1. The molecule has 21 heavy (non-hydrogen) atoms. The van der Waals surface area contributed by atoms with Gasteiger partial charge < -0.3 is 10.5 Å². The third-order valence-electron chi connectivity index (χ3n) is 3.95. The largest absolute Gasteiger partial charge is 0.469 e. The van der Waals surface area contributed by atoms with Crippen molar-refractivity contribution in [2.75, 3.05) is 12.9 Å². The van der Waals surface area contributed by atoms with Crippen molar-refractivity contribution < 1.29 is 9.53 Å². The van der Waals surface area contributed by atoms with E-state index in [0.29, 0.717) is 6.42 Å². The van der Waals surface area contributed by atoms with Crippen LogP contribution in [-0.2, 0) is 9.53 Å². The highest BCUT2D eigenvalue weighted by molar-refractivity contribution is 7.99. The maximum Gasteiger partial charge on any atom is 0.306 e. The van der Waals surface area contributed by atoms with Gasteiger partial charge in [0.1, 0.15) is 0 Å². The second-order valence-corrected chi connectivity index (χ2v) is 7.46. The third-order valence-corrected chi connectivity index (χ3v) is 6.04. The van der Waals surface area contributed by atoms with Gasteiger partial charge in [0, 0.05) is 22.1 Å². The van der Waals surface area contributed by atoms with Crippen molar-refractivity contribution in [2.24, 2.45) is 11.1 Å². The number of hydrogen-bond donors (Lipinski definition) is 1. The number of rotatable bonds is 7. The van der Waals surface area contributed by atoms with Crippen molar-refractivity contribution in [1.82, 2.24) is 0 Å². The van der Waals surface area contributed by atoms with Crippen LogP contribution < -0.4 is 5.73 Å². The van der Waals surface area contributed by atoms with Gasteiger partial charge in [-0.15, -0.1) is 0 Å². The van der Waals surface area contributed by atoms with Gasteiger partial charge in [0.15, 0.2) is 0 Å². The molecule has 1 aromatic carbocycles. The van der Waals surface area contributed by atoms with Gasteiger partial charge in [-0.3, -0.25) is 4.79 Å². The highest BCUT2D eigenvalue weighted by Gasteiger charge is 2.45. The zero-order valence-corrected chi connectivity index (χ0v) is 14.0. The normalized spacial score (nSPS) is 18.9. The van der Waals surface area contributed by atoms with Crippen LogP contribution in [-0.4, -0.2) is 24.9 Å². The van der Waals surface area contributed by atoms with Crippen molar-refractivity contribution in [3.63, 3.8) is 0 Å². The summed E-state index contributed by atoms with van der Waals surface area (Å²) in [6, 6.07) is 7.90. The molecule has 0 saturated heterocycles. The fourth-order valence-electron chi connectivity index (χ4n) is 2.40. The molecule has 1 aliphatic rings. The predicted octanol–water partition coefficient (Wildman–Crippen LogP) is 3.80. The van der Waals surface area contributed by atoms with E-state index in [0.717, 1.165) is 23.6 Å². The van der Waals surface area contributed by atoms with Crippen molar-refractivity contribution in [2.45, 2.75) is 37.5 Å². The molecule has 0 radical (unpaired) electrons. The van der Waals surface area contributed by atoms with Crippen LogP contribution in [0.15, 0.2) is 24.3 Å². The summed E-state index contributed by atoms with van der Waals surface area (Å²) in [5.74, 6) is 0.827. The number of methoxy groups -OCH3 is 1. The number of thioether (sulfide) groups is 1. The minimum absolute atomic E-state index is 0.0464. The smallest absolute Gasteiger partial charge is 0.306 e. The molecule has 0 aliphatic heterocycles. The zero-order chi connectivity index (χ0) is 15.5.